The summed E-state index contributed by atoms with van der Waals surface area (Å²) in [6.45, 7) is 4.01. The Morgan fingerprint density at radius 2 is 2.18 bits per heavy atom. The van der Waals surface area contributed by atoms with Crippen LogP contribution in [-0.4, -0.2) is 40.7 Å². The Bertz CT molecular complexity index is 519. The van der Waals surface area contributed by atoms with E-state index in [4.69, 9.17) is 0 Å². The Labute approximate surface area is 130 Å². The van der Waals surface area contributed by atoms with Crippen LogP contribution in [0.2, 0.25) is 0 Å². The van der Waals surface area contributed by atoms with E-state index in [-0.39, 0.29) is 17.8 Å². The molecule has 0 spiro atoms. The van der Waals surface area contributed by atoms with Crippen molar-refractivity contribution in [3.05, 3.63) is 39.9 Å². The van der Waals surface area contributed by atoms with Gasteiger partial charge in [0.15, 0.2) is 0 Å². The molecule has 22 heavy (non-hydrogen) atoms. The number of rotatable bonds is 7. The molecule has 2 atom stereocenters. The minimum atomic E-state index is -0.464. The van der Waals surface area contributed by atoms with Crippen molar-refractivity contribution in [2.75, 3.05) is 13.6 Å². The van der Waals surface area contributed by atoms with Gasteiger partial charge < -0.3 is 15.3 Å². The van der Waals surface area contributed by atoms with Gasteiger partial charge in [0.1, 0.15) is 0 Å². The van der Waals surface area contributed by atoms with E-state index in [1.54, 1.807) is 26.1 Å². The minimum Gasteiger partial charge on any atom is -0.393 e. The summed E-state index contributed by atoms with van der Waals surface area (Å²) in [5.41, 5.74) is 0.710. The van der Waals surface area contributed by atoms with Crippen molar-refractivity contribution in [2.45, 2.75) is 38.8 Å². The maximum absolute atomic E-state index is 12.1. The molecule has 1 rings (SSSR count). The molecule has 1 aromatic carbocycles. The third-order valence-corrected chi connectivity index (χ3v) is 3.42. The summed E-state index contributed by atoms with van der Waals surface area (Å²) in [6, 6.07) is 5.72. The molecule has 0 aliphatic carbocycles. The van der Waals surface area contributed by atoms with E-state index in [9.17, 15) is 20.0 Å². The summed E-state index contributed by atoms with van der Waals surface area (Å²) in [4.78, 5) is 24.0. The minimum absolute atomic E-state index is 0.00709. The molecular weight excluding hydrogens is 286 g/mol. The normalized spacial score (nSPS) is 13.3. The average Bonchev–Trinajstić information content (AvgIpc) is 2.49. The van der Waals surface area contributed by atoms with Crippen molar-refractivity contribution in [2.24, 2.45) is 0 Å². The van der Waals surface area contributed by atoms with Gasteiger partial charge in [0.25, 0.3) is 5.69 Å². The molecule has 0 bridgehead atoms. The molecular formula is C15H23N3O4. The van der Waals surface area contributed by atoms with Crippen molar-refractivity contribution < 1.29 is 14.8 Å². The number of aliphatic hydroxyl groups excluding tert-OH is 1. The summed E-state index contributed by atoms with van der Waals surface area (Å²) < 4.78 is 0. The van der Waals surface area contributed by atoms with Crippen LogP contribution in [-0.2, 0) is 0 Å². The molecule has 0 saturated heterocycles. The van der Waals surface area contributed by atoms with E-state index in [1.807, 2.05) is 6.92 Å². The maximum atomic E-state index is 12.1. The van der Waals surface area contributed by atoms with Crippen molar-refractivity contribution in [1.82, 2.24) is 10.2 Å². The summed E-state index contributed by atoms with van der Waals surface area (Å²) in [6.07, 6.45) is 0.656. The Balaban J connectivity index is 2.74. The SMILES string of the molecule is CCC(NC(=O)N(C)CCC(C)O)c1cccc([N+](=O)[O-])c1. The number of nitro benzene ring substituents is 1. The molecule has 0 heterocycles. The summed E-state index contributed by atoms with van der Waals surface area (Å²) in [5, 5.41) is 22.9. The smallest absolute Gasteiger partial charge is 0.317 e. The zero-order chi connectivity index (χ0) is 16.7. The Morgan fingerprint density at radius 1 is 1.50 bits per heavy atom. The number of carbonyl (C=O) groups excluding carboxylic acids is 1. The van der Waals surface area contributed by atoms with Gasteiger partial charge in [0, 0.05) is 25.7 Å². The third kappa shape index (κ3) is 5.33. The van der Waals surface area contributed by atoms with Crippen LogP contribution in [0.4, 0.5) is 10.5 Å². The highest BCUT2D eigenvalue weighted by molar-refractivity contribution is 5.74. The fourth-order valence-corrected chi connectivity index (χ4v) is 2.02. The van der Waals surface area contributed by atoms with Crippen molar-refractivity contribution in [3.63, 3.8) is 0 Å². The van der Waals surface area contributed by atoms with Crippen LogP contribution in [0.25, 0.3) is 0 Å². The first-order valence-corrected chi connectivity index (χ1v) is 7.29. The van der Waals surface area contributed by atoms with E-state index in [0.29, 0.717) is 24.9 Å². The lowest BCUT2D eigenvalue weighted by atomic mass is 10.0. The predicted molar refractivity (Wildman–Crippen MR) is 83.6 cm³/mol. The molecule has 0 aliphatic rings. The lowest BCUT2D eigenvalue weighted by molar-refractivity contribution is -0.384. The van der Waals surface area contributed by atoms with E-state index in [0.717, 1.165) is 0 Å². The first-order chi connectivity index (χ1) is 10.3. The summed E-state index contributed by atoms with van der Waals surface area (Å²) in [7, 11) is 1.65. The number of urea groups is 1. The molecule has 0 saturated carbocycles. The molecule has 2 amide bonds. The number of amides is 2. The molecule has 122 valence electrons. The van der Waals surface area contributed by atoms with Crippen LogP contribution >= 0.6 is 0 Å². The molecule has 0 fully saturated rings. The number of hydrogen-bond acceptors (Lipinski definition) is 4. The van der Waals surface area contributed by atoms with Crippen LogP contribution in [0.5, 0.6) is 0 Å². The second-order valence-corrected chi connectivity index (χ2v) is 5.32. The van der Waals surface area contributed by atoms with E-state index < -0.39 is 11.0 Å². The zero-order valence-corrected chi connectivity index (χ0v) is 13.2. The molecule has 2 unspecified atom stereocenters. The fourth-order valence-electron chi connectivity index (χ4n) is 2.02. The highest BCUT2D eigenvalue weighted by atomic mass is 16.6. The van der Waals surface area contributed by atoms with Crippen molar-refractivity contribution in [1.29, 1.82) is 0 Å². The van der Waals surface area contributed by atoms with Gasteiger partial charge in [-0.2, -0.15) is 0 Å². The van der Waals surface area contributed by atoms with E-state index in [1.165, 1.54) is 17.0 Å². The van der Waals surface area contributed by atoms with Crippen LogP contribution in [0.3, 0.4) is 0 Å². The van der Waals surface area contributed by atoms with Crippen molar-refractivity contribution >= 4 is 11.7 Å². The molecule has 1 aromatic rings. The van der Waals surface area contributed by atoms with E-state index in [2.05, 4.69) is 5.32 Å². The maximum Gasteiger partial charge on any atom is 0.317 e. The number of carbonyl (C=O) groups is 1. The quantitative estimate of drug-likeness (QED) is 0.597. The monoisotopic (exact) mass is 309 g/mol. The number of nitrogens with zero attached hydrogens (tertiary/aromatic N) is 2. The van der Waals surface area contributed by atoms with Gasteiger partial charge in [0.2, 0.25) is 0 Å². The topological polar surface area (TPSA) is 95.7 Å². The van der Waals surface area contributed by atoms with Gasteiger partial charge in [0.05, 0.1) is 17.1 Å². The largest absolute Gasteiger partial charge is 0.393 e. The number of non-ortho nitro benzene ring substituents is 1. The number of nitrogens with one attached hydrogen (secondary N) is 1. The van der Waals surface area contributed by atoms with Gasteiger partial charge >= 0.3 is 6.03 Å². The highest BCUT2D eigenvalue weighted by Gasteiger charge is 2.18. The summed E-state index contributed by atoms with van der Waals surface area (Å²) in [5.74, 6) is 0. The van der Waals surface area contributed by atoms with Gasteiger partial charge in [-0.25, -0.2) is 4.79 Å². The molecule has 0 aromatic heterocycles. The first-order valence-electron chi connectivity index (χ1n) is 7.29. The number of aliphatic hydroxyl groups is 1. The van der Waals surface area contributed by atoms with Crippen molar-refractivity contribution in [3.8, 4) is 0 Å². The van der Waals surface area contributed by atoms with Crippen LogP contribution in [0.15, 0.2) is 24.3 Å². The third-order valence-electron chi connectivity index (χ3n) is 3.42. The Morgan fingerprint density at radius 3 is 2.73 bits per heavy atom. The van der Waals surface area contributed by atoms with Gasteiger partial charge in [-0.15, -0.1) is 0 Å². The number of benzene rings is 1. The van der Waals surface area contributed by atoms with Gasteiger partial charge in [-0.3, -0.25) is 10.1 Å². The molecule has 0 aliphatic heterocycles. The second kappa shape index (κ2) is 8.33. The Kier molecular flexibility index (Phi) is 6.78. The van der Waals surface area contributed by atoms with Crippen LogP contribution < -0.4 is 5.32 Å². The molecule has 0 radical (unpaired) electrons. The fraction of sp³-hybridized carbons (Fsp3) is 0.533. The van der Waals surface area contributed by atoms with Crippen LogP contribution in [0.1, 0.15) is 38.3 Å². The predicted octanol–water partition coefficient (Wildman–Crippen LogP) is 2.46. The van der Waals surface area contributed by atoms with Gasteiger partial charge in [-0.05, 0) is 25.3 Å². The lowest BCUT2D eigenvalue weighted by Crippen LogP contribution is -2.40. The van der Waals surface area contributed by atoms with Gasteiger partial charge in [-0.1, -0.05) is 19.1 Å². The average molecular weight is 309 g/mol. The summed E-state index contributed by atoms with van der Waals surface area (Å²) >= 11 is 0. The molecule has 2 N–H and O–H groups in total. The first kappa shape index (κ1) is 17.9. The number of hydrogen-bond donors (Lipinski definition) is 2. The lowest BCUT2D eigenvalue weighted by Gasteiger charge is -2.23. The van der Waals surface area contributed by atoms with E-state index >= 15 is 0 Å². The standard InChI is InChI=1S/C15H23N3O4/c1-4-14(12-6-5-7-13(10-12)18(21)22)16-15(20)17(3)9-8-11(2)19/h5-7,10-11,14,19H,4,8-9H2,1-3H3,(H,16,20). The molecule has 7 nitrogen and oxygen atoms in total. The number of nitro groups is 1. The molecule has 7 heteroatoms. The Hall–Kier alpha value is -2.15. The highest BCUT2D eigenvalue weighted by Crippen LogP contribution is 2.21. The van der Waals surface area contributed by atoms with Crippen LogP contribution in [0, 0.1) is 10.1 Å². The zero-order valence-electron chi connectivity index (χ0n) is 13.2. The second-order valence-electron chi connectivity index (χ2n) is 5.32.